The lowest BCUT2D eigenvalue weighted by atomic mass is 10.0. The van der Waals surface area contributed by atoms with Gasteiger partial charge in [-0.25, -0.2) is 9.78 Å². The van der Waals surface area contributed by atoms with Crippen molar-refractivity contribution in [1.29, 1.82) is 0 Å². The summed E-state index contributed by atoms with van der Waals surface area (Å²) in [4.78, 5) is 20.7. The van der Waals surface area contributed by atoms with E-state index in [1.54, 1.807) is 13.3 Å². The minimum Gasteiger partial charge on any atom is -0.488 e. The number of carbonyl (C=O) groups excluding carboxylic acids is 1. The van der Waals surface area contributed by atoms with E-state index in [-0.39, 0.29) is 12.2 Å². The maximum absolute atomic E-state index is 12.9. The van der Waals surface area contributed by atoms with Gasteiger partial charge >= 0.3 is 5.97 Å². The first-order valence-corrected chi connectivity index (χ1v) is 10.4. The summed E-state index contributed by atoms with van der Waals surface area (Å²) in [7, 11) is 1.61. The fourth-order valence-corrected chi connectivity index (χ4v) is 3.84. The summed E-state index contributed by atoms with van der Waals surface area (Å²) in [5.74, 6) is 0.329. The topological polar surface area (TPSA) is 73.4 Å². The van der Waals surface area contributed by atoms with Gasteiger partial charge in [0.25, 0.3) is 0 Å². The van der Waals surface area contributed by atoms with Gasteiger partial charge in [0.05, 0.1) is 23.8 Å². The smallest absolute Gasteiger partial charge is 0.357 e. The predicted octanol–water partition coefficient (Wildman–Crippen LogP) is 5.15. The molecular formula is C25H24N2O4. The molecule has 2 aromatic heterocycles. The van der Waals surface area contributed by atoms with Crippen LogP contribution in [0.1, 0.15) is 41.4 Å². The van der Waals surface area contributed by atoms with E-state index in [0.29, 0.717) is 17.9 Å². The van der Waals surface area contributed by atoms with Gasteiger partial charge < -0.3 is 19.2 Å². The van der Waals surface area contributed by atoms with Crippen LogP contribution in [-0.4, -0.2) is 28.6 Å². The second-order valence-corrected chi connectivity index (χ2v) is 8.22. The molecule has 1 N–H and O–H groups in total. The van der Waals surface area contributed by atoms with Crippen molar-refractivity contribution in [3.63, 3.8) is 0 Å². The molecule has 31 heavy (non-hydrogen) atoms. The van der Waals surface area contributed by atoms with Crippen LogP contribution in [0.3, 0.4) is 0 Å². The third-order valence-electron chi connectivity index (χ3n) is 5.74. The molecule has 1 fully saturated rings. The molecule has 5 rings (SSSR count). The SMILES string of the molecule is COCc1c(C(=O)OC2(C)CC2)ncc2[nH]c3cccc(OCc4ccccc4)c3c12. The Bertz CT molecular complexity index is 1260. The fourth-order valence-electron chi connectivity index (χ4n) is 3.84. The summed E-state index contributed by atoms with van der Waals surface area (Å²) in [5.41, 5.74) is 3.45. The second-order valence-electron chi connectivity index (χ2n) is 8.22. The average molecular weight is 416 g/mol. The molecule has 0 bridgehead atoms. The van der Waals surface area contributed by atoms with E-state index in [1.807, 2.05) is 55.5 Å². The first-order valence-electron chi connectivity index (χ1n) is 10.4. The van der Waals surface area contributed by atoms with Crippen LogP contribution >= 0.6 is 0 Å². The molecule has 1 saturated carbocycles. The minimum atomic E-state index is -0.411. The van der Waals surface area contributed by atoms with E-state index in [1.165, 1.54) is 0 Å². The predicted molar refractivity (Wildman–Crippen MR) is 118 cm³/mol. The van der Waals surface area contributed by atoms with E-state index in [0.717, 1.165) is 46.0 Å². The average Bonchev–Trinajstić information content (AvgIpc) is 3.37. The number of nitrogens with one attached hydrogen (secondary N) is 1. The van der Waals surface area contributed by atoms with Gasteiger partial charge in [0, 0.05) is 23.4 Å². The molecule has 2 aromatic carbocycles. The van der Waals surface area contributed by atoms with Crippen molar-refractivity contribution in [2.75, 3.05) is 7.11 Å². The first kappa shape index (κ1) is 19.6. The number of fused-ring (bicyclic) bond motifs is 3. The number of benzene rings is 2. The third-order valence-corrected chi connectivity index (χ3v) is 5.74. The number of ether oxygens (including phenoxy) is 3. The summed E-state index contributed by atoms with van der Waals surface area (Å²) >= 11 is 0. The number of aromatic nitrogens is 2. The van der Waals surface area contributed by atoms with Gasteiger partial charge in [0.15, 0.2) is 5.69 Å². The van der Waals surface area contributed by atoms with Crippen molar-refractivity contribution in [1.82, 2.24) is 9.97 Å². The Hall–Kier alpha value is -3.38. The minimum absolute atomic E-state index is 0.242. The van der Waals surface area contributed by atoms with Crippen molar-refractivity contribution in [2.45, 2.75) is 38.6 Å². The molecule has 0 atom stereocenters. The Labute approximate surface area is 180 Å². The number of rotatable bonds is 7. The van der Waals surface area contributed by atoms with Crippen molar-refractivity contribution in [3.8, 4) is 5.75 Å². The fraction of sp³-hybridized carbons (Fsp3) is 0.280. The molecule has 2 heterocycles. The Balaban J connectivity index is 1.62. The number of aromatic amines is 1. The lowest BCUT2D eigenvalue weighted by Gasteiger charge is -2.14. The van der Waals surface area contributed by atoms with Crippen molar-refractivity contribution >= 4 is 27.8 Å². The number of pyridine rings is 1. The summed E-state index contributed by atoms with van der Waals surface area (Å²) in [6, 6.07) is 15.9. The van der Waals surface area contributed by atoms with Crippen LogP contribution in [-0.2, 0) is 22.7 Å². The molecule has 0 aliphatic heterocycles. The molecule has 0 unspecified atom stereocenters. The lowest BCUT2D eigenvalue weighted by molar-refractivity contribution is 0.0265. The van der Waals surface area contributed by atoms with E-state index in [2.05, 4.69) is 9.97 Å². The van der Waals surface area contributed by atoms with E-state index < -0.39 is 5.97 Å². The van der Waals surface area contributed by atoms with Crippen LogP contribution in [0.4, 0.5) is 0 Å². The Morgan fingerprint density at radius 2 is 1.84 bits per heavy atom. The Morgan fingerprint density at radius 3 is 2.58 bits per heavy atom. The van der Waals surface area contributed by atoms with E-state index >= 15 is 0 Å². The molecule has 1 aliphatic carbocycles. The highest BCUT2D eigenvalue weighted by Crippen LogP contribution is 2.40. The Morgan fingerprint density at radius 1 is 1.03 bits per heavy atom. The number of carbonyl (C=O) groups is 1. The summed E-state index contributed by atoms with van der Waals surface area (Å²) in [5, 5.41) is 1.79. The van der Waals surface area contributed by atoms with Gasteiger partial charge in [-0.3, -0.25) is 0 Å². The van der Waals surface area contributed by atoms with Crippen molar-refractivity contribution in [2.24, 2.45) is 0 Å². The van der Waals surface area contributed by atoms with Crippen LogP contribution in [0.5, 0.6) is 5.75 Å². The van der Waals surface area contributed by atoms with Crippen LogP contribution in [0.25, 0.3) is 21.8 Å². The lowest BCUT2D eigenvalue weighted by Crippen LogP contribution is -2.19. The molecule has 4 aromatic rings. The van der Waals surface area contributed by atoms with Gasteiger partial charge in [-0.15, -0.1) is 0 Å². The van der Waals surface area contributed by atoms with Crippen LogP contribution < -0.4 is 4.74 Å². The van der Waals surface area contributed by atoms with Gasteiger partial charge in [-0.1, -0.05) is 36.4 Å². The number of esters is 1. The number of methoxy groups -OCH3 is 1. The van der Waals surface area contributed by atoms with Gasteiger partial charge in [-0.05, 0) is 37.5 Å². The van der Waals surface area contributed by atoms with Crippen LogP contribution in [0, 0.1) is 0 Å². The summed E-state index contributed by atoms with van der Waals surface area (Å²) < 4.78 is 17.4. The van der Waals surface area contributed by atoms with Gasteiger partial charge in [0.1, 0.15) is 18.0 Å². The highest BCUT2D eigenvalue weighted by Gasteiger charge is 2.42. The maximum atomic E-state index is 12.9. The number of H-pyrrole nitrogens is 1. The number of nitrogens with zero attached hydrogens (tertiary/aromatic N) is 1. The Kier molecular flexibility index (Phi) is 4.87. The summed E-state index contributed by atoms with van der Waals surface area (Å²) in [6.07, 6.45) is 3.44. The normalized spacial score (nSPS) is 14.6. The van der Waals surface area contributed by atoms with E-state index in [4.69, 9.17) is 14.2 Å². The quantitative estimate of drug-likeness (QED) is 0.422. The molecule has 1 aliphatic rings. The molecule has 6 nitrogen and oxygen atoms in total. The molecule has 158 valence electrons. The zero-order valence-electron chi connectivity index (χ0n) is 17.6. The van der Waals surface area contributed by atoms with Gasteiger partial charge in [-0.2, -0.15) is 0 Å². The second kappa shape index (κ2) is 7.71. The largest absolute Gasteiger partial charge is 0.488 e. The molecule has 0 saturated heterocycles. The third kappa shape index (κ3) is 3.75. The maximum Gasteiger partial charge on any atom is 0.357 e. The van der Waals surface area contributed by atoms with Crippen LogP contribution in [0.2, 0.25) is 0 Å². The first-order chi connectivity index (χ1) is 15.1. The van der Waals surface area contributed by atoms with E-state index in [9.17, 15) is 4.79 Å². The standard InChI is InChI=1S/C25H24N2O4/c1-25(11-12-25)31-24(28)23-17(15-29-2)21-19(13-26-23)27-18-9-6-10-20(22(18)21)30-14-16-7-4-3-5-8-16/h3-10,13,27H,11-12,14-15H2,1-2H3. The zero-order valence-corrected chi connectivity index (χ0v) is 17.6. The van der Waals surface area contributed by atoms with Crippen molar-refractivity contribution in [3.05, 3.63) is 71.5 Å². The summed E-state index contributed by atoms with van der Waals surface area (Å²) in [6.45, 7) is 2.64. The highest BCUT2D eigenvalue weighted by molar-refractivity contribution is 6.13. The number of hydrogen-bond acceptors (Lipinski definition) is 5. The molecule has 6 heteroatoms. The molecule has 0 radical (unpaired) electrons. The van der Waals surface area contributed by atoms with Crippen molar-refractivity contribution < 1.29 is 19.0 Å². The zero-order chi connectivity index (χ0) is 21.4. The van der Waals surface area contributed by atoms with Crippen LogP contribution in [0.15, 0.2) is 54.7 Å². The number of hydrogen-bond donors (Lipinski definition) is 1. The molecular weight excluding hydrogens is 392 g/mol. The van der Waals surface area contributed by atoms with Gasteiger partial charge in [0.2, 0.25) is 0 Å². The molecule has 0 amide bonds. The monoisotopic (exact) mass is 416 g/mol. The highest BCUT2D eigenvalue weighted by atomic mass is 16.6. The molecule has 0 spiro atoms.